The van der Waals surface area contributed by atoms with Crippen molar-refractivity contribution in [3.05, 3.63) is 83.9 Å². The second-order valence-electron chi connectivity index (χ2n) is 4.21. The Morgan fingerprint density at radius 1 is 0.667 bits per heavy atom. The summed E-state index contributed by atoms with van der Waals surface area (Å²) in [7, 11) is 0. The Morgan fingerprint density at radius 3 is 1.90 bits per heavy atom. The number of hydrogen-bond acceptors (Lipinski definition) is 2. The molecule has 0 aliphatic rings. The Kier molecular flexibility index (Phi) is 6.73. The predicted molar refractivity (Wildman–Crippen MR) is 89.1 cm³/mol. The molecule has 0 radical (unpaired) electrons. The van der Waals surface area contributed by atoms with E-state index in [0.717, 1.165) is 34.5 Å². The van der Waals surface area contributed by atoms with Crippen LogP contribution in [0.3, 0.4) is 0 Å². The van der Waals surface area contributed by atoms with Crippen LogP contribution in [0.15, 0.2) is 72.8 Å². The van der Waals surface area contributed by atoms with E-state index in [4.69, 9.17) is 0 Å². The second-order valence-corrected chi connectivity index (χ2v) is 4.21. The summed E-state index contributed by atoms with van der Waals surface area (Å²) in [6, 6.07) is 22.7. The van der Waals surface area contributed by atoms with Gasteiger partial charge in [0.15, 0.2) is 6.29 Å². The van der Waals surface area contributed by atoms with Gasteiger partial charge in [-0.05, 0) is 10.8 Å². The monoisotopic (exact) mass is 273 g/mol. The second kappa shape index (κ2) is 8.57. The molecule has 0 N–H and O–H groups in total. The average molecular weight is 273 g/mol. The standard InChI is InChI=1S/C11H8O.C7H6O.Be.2H/c12-8-10-6-3-5-9-4-1-2-7-11(9)10;8-6-7-4-2-1-3-5-7;;;/h1-8H;1-6H;;;/q;;+2;2*-1. The third-order valence-corrected chi connectivity index (χ3v) is 2.89. The number of carbonyl (C=O) groups excluding carboxylic acids is 2. The molecule has 0 aliphatic heterocycles. The SMILES string of the molecule is O=Cc1cccc2ccccc12.O=Cc1ccccc1.[Be+2].[H-].[H-]. The molecule has 3 rings (SSSR count). The van der Waals surface area contributed by atoms with Gasteiger partial charge >= 0.3 is 10.1 Å². The Labute approximate surface area is 130 Å². The fraction of sp³-hybridized carbons (Fsp3) is 0. The molecular weight excluding hydrogens is 257 g/mol. The van der Waals surface area contributed by atoms with E-state index in [1.165, 1.54) is 0 Å². The maximum Gasteiger partial charge on any atom is 2.00 e. The number of fused-ring (bicyclic) bond motifs is 1. The molecule has 102 valence electrons. The molecular formula is C18H16BeO2. The van der Waals surface area contributed by atoms with E-state index in [1.807, 2.05) is 60.7 Å². The first kappa shape index (κ1) is 16.5. The van der Waals surface area contributed by atoms with Crippen LogP contribution in [0, 0.1) is 0 Å². The Morgan fingerprint density at radius 2 is 1.29 bits per heavy atom. The molecule has 21 heavy (non-hydrogen) atoms. The molecule has 0 aromatic heterocycles. The Bertz CT molecular complexity index is 713. The topological polar surface area (TPSA) is 34.1 Å². The molecule has 3 heteroatoms. The molecule has 0 atom stereocenters. The molecule has 0 amide bonds. The molecule has 0 spiro atoms. The quantitative estimate of drug-likeness (QED) is 0.522. The van der Waals surface area contributed by atoms with Crippen LogP contribution >= 0.6 is 0 Å². The van der Waals surface area contributed by atoms with Gasteiger partial charge in [0.05, 0.1) is 0 Å². The molecule has 0 fully saturated rings. The van der Waals surface area contributed by atoms with Gasteiger partial charge in [-0.3, -0.25) is 9.59 Å². The van der Waals surface area contributed by atoms with Crippen LogP contribution in [0.5, 0.6) is 0 Å². The van der Waals surface area contributed by atoms with Gasteiger partial charge < -0.3 is 2.85 Å². The zero-order valence-corrected chi connectivity index (χ0v) is 11.6. The van der Waals surface area contributed by atoms with Crippen molar-refractivity contribution in [3.63, 3.8) is 0 Å². The number of rotatable bonds is 2. The van der Waals surface area contributed by atoms with Gasteiger partial charge in [0.25, 0.3) is 0 Å². The number of carbonyl (C=O) groups is 2. The number of benzene rings is 3. The third kappa shape index (κ3) is 4.48. The van der Waals surface area contributed by atoms with Gasteiger partial charge in [0.1, 0.15) is 6.29 Å². The van der Waals surface area contributed by atoms with Crippen LogP contribution in [0.2, 0.25) is 0 Å². The summed E-state index contributed by atoms with van der Waals surface area (Å²) < 4.78 is 0. The van der Waals surface area contributed by atoms with Gasteiger partial charge in [-0.25, -0.2) is 0 Å². The zero-order valence-electron chi connectivity index (χ0n) is 13.6. The van der Waals surface area contributed by atoms with Crippen molar-refractivity contribution in [1.29, 1.82) is 0 Å². The van der Waals surface area contributed by atoms with Crippen LogP contribution in [-0.2, 0) is 0 Å². The summed E-state index contributed by atoms with van der Waals surface area (Å²) in [5.74, 6) is 0. The molecule has 0 aliphatic carbocycles. The van der Waals surface area contributed by atoms with E-state index in [1.54, 1.807) is 12.1 Å². The first-order chi connectivity index (χ1) is 9.85. The summed E-state index contributed by atoms with van der Waals surface area (Å²) in [5.41, 5.74) is 1.49. The Hall–Kier alpha value is -2.57. The van der Waals surface area contributed by atoms with Gasteiger partial charge in [0.2, 0.25) is 0 Å². The van der Waals surface area contributed by atoms with Crippen LogP contribution in [0.25, 0.3) is 10.8 Å². The number of hydrogen-bond donors (Lipinski definition) is 0. The first-order valence-electron chi connectivity index (χ1n) is 6.28. The first-order valence-corrected chi connectivity index (χ1v) is 6.28. The minimum Gasteiger partial charge on any atom is -1.00 e. The van der Waals surface area contributed by atoms with Crippen LogP contribution in [0.4, 0.5) is 0 Å². The summed E-state index contributed by atoms with van der Waals surface area (Å²) in [4.78, 5) is 20.6. The zero-order chi connectivity index (χ0) is 14.2. The van der Waals surface area contributed by atoms with Crippen molar-refractivity contribution in [2.24, 2.45) is 0 Å². The van der Waals surface area contributed by atoms with Gasteiger partial charge in [-0.1, -0.05) is 72.8 Å². The van der Waals surface area contributed by atoms with Crippen molar-refractivity contribution >= 4 is 33.5 Å². The van der Waals surface area contributed by atoms with Crippen molar-refractivity contribution in [2.75, 3.05) is 0 Å². The average Bonchev–Trinajstić information content (AvgIpc) is 2.55. The van der Waals surface area contributed by atoms with E-state index in [2.05, 4.69) is 0 Å². The minimum atomic E-state index is 0. The van der Waals surface area contributed by atoms with E-state index in [-0.39, 0.29) is 13.0 Å². The molecule has 0 heterocycles. The third-order valence-electron chi connectivity index (χ3n) is 2.89. The van der Waals surface area contributed by atoms with Crippen molar-refractivity contribution in [2.45, 2.75) is 0 Å². The van der Waals surface area contributed by atoms with Gasteiger partial charge in [-0.15, -0.1) is 0 Å². The van der Waals surface area contributed by atoms with E-state index < -0.39 is 0 Å². The maximum absolute atomic E-state index is 10.6. The van der Waals surface area contributed by atoms with E-state index in [0.29, 0.717) is 0 Å². The molecule has 0 saturated carbocycles. The summed E-state index contributed by atoms with van der Waals surface area (Å²) in [5, 5.41) is 2.14. The number of aldehydes is 2. The molecule has 0 unspecified atom stereocenters. The summed E-state index contributed by atoms with van der Waals surface area (Å²) in [6.45, 7) is 0. The normalized spacial score (nSPS) is 8.95. The fourth-order valence-electron chi connectivity index (χ4n) is 1.88. The minimum absolute atomic E-state index is 0. The van der Waals surface area contributed by atoms with E-state index >= 15 is 0 Å². The van der Waals surface area contributed by atoms with Crippen molar-refractivity contribution in [1.82, 2.24) is 0 Å². The smallest absolute Gasteiger partial charge is 1.00 e. The van der Waals surface area contributed by atoms with Crippen molar-refractivity contribution in [3.8, 4) is 0 Å². The maximum atomic E-state index is 10.6. The van der Waals surface area contributed by atoms with E-state index in [9.17, 15) is 9.59 Å². The summed E-state index contributed by atoms with van der Waals surface area (Å²) >= 11 is 0. The van der Waals surface area contributed by atoms with Crippen LogP contribution in [-0.4, -0.2) is 22.7 Å². The van der Waals surface area contributed by atoms with Crippen LogP contribution in [0.1, 0.15) is 23.6 Å². The fourth-order valence-corrected chi connectivity index (χ4v) is 1.88. The molecule has 2 nitrogen and oxygen atoms in total. The predicted octanol–water partition coefficient (Wildman–Crippen LogP) is 4.00. The molecule has 0 saturated heterocycles. The molecule has 0 bridgehead atoms. The summed E-state index contributed by atoms with van der Waals surface area (Å²) in [6.07, 6.45) is 1.72. The van der Waals surface area contributed by atoms with Crippen molar-refractivity contribution < 1.29 is 12.4 Å². The van der Waals surface area contributed by atoms with Gasteiger partial charge in [-0.2, -0.15) is 0 Å². The molecule has 3 aromatic carbocycles. The van der Waals surface area contributed by atoms with Crippen LogP contribution < -0.4 is 0 Å². The van der Waals surface area contributed by atoms with Gasteiger partial charge in [0, 0.05) is 11.1 Å². The molecule has 3 aromatic rings. The Balaban J connectivity index is 0. The largest absolute Gasteiger partial charge is 2.00 e.